The van der Waals surface area contributed by atoms with Crippen molar-refractivity contribution in [2.24, 2.45) is 0 Å². The summed E-state index contributed by atoms with van der Waals surface area (Å²) < 4.78 is 13.7. The molecule has 2 aliphatic rings. The van der Waals surface area contributed by atoms with Gasteiger partial charge in [0.2, 0.25) is 0 Å². The van der Waals surface area contributed by atoms with Crippen molar-refractivity contribution in [3.8, 4) is 0 Å². The van der Waals surface area contributed by atoms with Gasteiger partial charge in [0.05, 0.1) is 0 Å². The second-order valence-corrected chi connectivity index (χ2v) is 7.34. The number of rotatable bonds is 4. The summed E-state index contributed by atoms with van der Waals surface area (Å²) in [6.45, 7) is 1.73. The van der Waals surface area contributed by atoms with Crippen LogP contribution in [0.5, 0.6) is 0 Å². The highest BCUT2D eigenvalue weighted by molar-refractivity contribution is 5.78. The molecule has 0 bridgehead atoms. The summed E-state index contributed by atoms with van der Waals surface area (Å²) in [7, 11) is 0. The Kier molecular flexibility index (Phi) is 4.51. The van der Waals surface area contributed by atoms with Crippen LogP contribution in [-0.4, -0.2) is 22.4 Å². The van der Waals surface area contributed by atoms with E-state index >= 15 is 0 Å². The SMILES string of the molecule is Cc1cc(/C(=C\[C@H]2CCC(O)N2)c2ccc(C3CC3)c(=O)[nH]2)ccc1F. The number of aromatic amines is 1. The molecule has 4 rings (SSSR count). The Bertz CT molecular complexity index is 914. The normalized spacial score (nSPS) is 23.4. The highest BCUT2D eigenvalue weighted by atomic mass is 19.1. The lowest BCUT2D eigenvalue weighted by Gasteiger charge is -2.14. The molecule has 0 spiro atoms. The Balaban J connectivity index is 1.77. The van der Waals surface area contributed by atoms with E-state index in [1.54, 1.807) is 19.1 Å². The molecule has 1 aliphatic heterocycles. The number of H-pyrrole nitrogens is 1. The zero-order valence-electron chi connectivity index (χ0n) is 14.8. The molecule has 2 atom stereocenters. The maximum atomic E-state index is 13.7. The third kappa shape index (κ3) is 3.50. The van der Waals surface area contributed by atoms with Gasteiger partial charge in [0.25, 0.3) is 5.56 Å². The van der Waals surface area contributed by atoms with Gasteiger partial charge in [-0.1, -0.05) is 18.2 Å². The van der Waals surface area contributed by atoms with Gasteiger partial charge in [-0.15, -0.1) is 0 Å². The van der Waals surface area contributed by atoms with Crippen LogP contribution in [0.25, 0.3) is 5.57 Å². The van der Waals surface area contributed by atoms with Crippen LogP contribution in [-0.2, 0) is 0 Å². The number of benzene rings is 1. The first kappa shape index (κ1) is 17.2. The minimum atomic E-state index is -0.510. The van der Waals surface area contributed by atoms with Gasteiger partial charge in [-0.3, -0.25) is 10.1 Å². The number of pyridine rings is 1. The summed E-state index contributed by atoms with van der Waals surface area (Å²) in [5.41, 5.74) is 3.77. The minimum Gasteiger partial charge on any atom is -0.379 e. The van der Waals surface area contributed by atoms with E-state index in [2.05, 4.69) is 10.3 Å². The standard InChI is InChI=1S/C21H23FN2O2/c1-12-10-14(4-7-18(12)22)17(11-15-5-9-20(25)23-15)19-8-6-16(13-2-3-13)21(26)24-19/h4,6-8,10-11,13,15,20,23,25H,2-3,5,9H2,1H3,(H,24,26)/b17-11+/t15-,20?/m1/s1. The molecule has 1 unspecified atom stereocenters. The quantitative estimate of drug-likeness (QED) is 0.790. The average Bonchev–Trinajstić information content (AvgIpc) is 3.37. The third-order valence-corrected chi connectivity index (χ3v) is 5.24. The zero-order valence-corrected chi connectivity index (χ0v) is 14.8. The number of aryl methyl sites for hydroxylation is 1. The topological polar surface area (TPSA) is 65.1 Å². The van der Waals surface area contributed by atoms with Crippen molar-refractivity contribution in [2.75, 3.05) is 0 Å². The van der Waals surface area contributed by atoms with Crippen LogP contribution in [0.3, 0.4) is 0 Å². The molecule has 2 fully saturated rings. The Labute approximate surface area is 151 Å². The summed E-state index contributed by atoms with van der Waals surface area (Å²) in [6.07, 6.45) is 5.16. The lowest BCUT2D eigenvalue weighted by molar-refractivity contribution is 0.157. The predicted molar refractivity (Wildman–Crippen MR) is 99.4 cm³/mol. The maximum absolute atomic E-state index is 13.7. The van der Waals surface area contributed by atoms with Crippen molar-refractivity contribution in [3.05, 3.63) is 75.0 Å². The maximum Gasteiger partial charge on any atom is 0.251 e. The van der Waals surface area contributed by atoms with E-state index in [1.807, 2.05) is 18.2 Å². The molecule has 3 N–H and O–H groups in total. The molecule has 0 amide bonds. The number of hydrogen-bond acceptors (Lipinski definition) is 3. The number of aliphatic hydroxyl groups is 1. The van der Waals surface area contributed by atoms with Gasteiger partial charge in [0.1, 0.15) is 12.0 Å². The summed E-state index contributed by atoms with van der Waals surface area (Å²) in [4.78, 5) is 15.5. The van der Waals surface area contributed by atoms with Crippen molar-refractivity contribution in [1.82, 2.24) is 10.3 Å². The molecule has 0 radical (unpaired) electrons. The van der Waals surface area contributed by atoms with Crippen molar-refractivity contribution in [1.29, 1.82) is 0 Å². The van der Waals surface area contributed by atoms with Gasteiger partial charge in [-0.2, -0.15) is 0 Å². The molecule has 26 heavy (non-hydrogen) atoms. The predicted octanol–water partition coefficient (Wildman–Crippen LogP) is 3.20. The highest BCUT2D eigenvalue weighted by Gasteiger charge is 2.26. The fourth-order valence-corrected chi connectivity index (χ4v) is 3.60. The summed E-state index contributed by atoms with van der Waals surface area (Å²) in [5, 5.41) is 12.9. The van der Waals surface area contributed by atoms with E-state index in [9.17, 15) is 14.3 Å². The molecule has 136 valence electrons. The molecular weight excluding hydrogens is 331 g/mol. The average molecular weight is 354 g/mol. The molecule has 2 aromatic rings. The number of aliphatic hydroxyl groups excluding tert-OH is 1. The molecule has 4 nitrogen and oxygen atoms in total. The van der Waals surface area contributed by atoms with Crippen LogP contribution in [0.1, 0.15) is 54.0 Å². The Morgan fingerprint density at radius 2 is 2.00 bits per heavy atom. The minimum absolute atomic E-state index is 0.0111. The van der Waals surface area contributed by atoms with Gasteiger partial charge < -0.3 is 10.1 Å². The molecule has 1 saturated carbocycles. The van der Waals surface area contributed by atoms with E-state index in [1.165, 1.54) is 6.07 Å². The first-order valence-corrected chi connectivity index (χ1v) is 9.17. The molecule has 1 aromatic carbocycles. The van der Waals surface area contributed by atoms with Crippen molar-refractivity contribution in [3.63, 3.8) is 0 Å². The number of halogens is 1. The Morgan fingerprint density at radius 1 is 1.19 bits per heavy atom. The smallest absolute Gasteiger partial charge is 0.251 e. The largest absolute Gasteiger partial charge is 0.379 e. The number of aromatic nitrogens is 1. The number of nitrogens with one attached hydrogen (secondary N) is 2. The summed E-state index contributed by atoms with van der Waals surface area (Å²) in [5.74, 6) is 0.139. The second-order valence-electron chi connectivity index (χ2n) is 7.34. The Morgan fingerprint density at radius 3 is 2.62 bits per heavy atom. The van der Waals surface area contributed by atoms with Crippen LogP contribution < -0.4 is 10.9 Å². The Hall–Kier alpha value is -2.24. The van der Waals surface area contributed by atoms with Crippen LogP contribution in [0, 0.1) is 12.7 Å². The van der Waals surface area contributed by atoms with Crippen molar-refractivity contribution in [2.45, 2.75) is 50.8 Å². The fraction of sp³-hybridized carbons (Fsp3) is 0.381. The molecular formula is C21H23FN2O2. The first-order chi connectivity index (χ1) is 12.5. The fourth-order valence-electron chi connectivity index (χ4n) is 3.60. The first-order valence-electron chi connectivity index (χ1n) is 9.17. The van der Waals surface area contributed by atoms with Crippen LogP contribution in [0.2, 0.25) is 0 Å². The summed E-state index contributed by atoms with van der Waals surface area (Å²) >= 11 is 0. The zero-order chi connectivity index (χ0) is 18.3. The van der Waals surface area contributed by atoms with Gasteiger partial charge in [-0.25, -0.2) is 4.39 Å². The number of hydrogen-bond donors (Lipinski definition) is 3. The second kappa shape index (κ2) is 6.82. The van der Waals surface area contributed by atoms with E-state index in [-0.39, 0.29) is 17.4 Å². The highest BCUT2D eigenvalue weighted by Crippen LogP contribution is 2.38. The lowest BCUT2D eigenvalue weighted by Crippen LogP contribution is -2.27. The van der Waals surface area contributed by atoms with Crippen LogP contribution >= 0.6 is 0 Å². The third-order valence-electron chi connectivity index (χ3n) is 5.24. The van der Waals surface area contributed by atoms with Gasteiger partial charge in [0, 0.05) is 22.9 Å². The van der Waals surface area contributed by atoms with E-state index in [0.717, 1.165) is 36.0 Å². The molecule has 2 heterocycles. The van der Waals surface area contributed by atoms with Crippen LogP contribution in [0.15, 0.2) is 41.2 Å². The summed E-state index contributed by atoms with van der Waals surface area (Å²) in [6, 6.07) is 8.83. The van der Waals surface area contributed by atoms with E-state index in [4.69, 9.17) is 0 Å². The lowest BCUT2D eigenvalue weighted by atomic mass is 9.97. The van der Waals surface area contributed by atoms with Crippen molar-refractivity contribution >= 4 is 5.57 Å². The van der Waals surface area contributed by atoms with Gasteiger partial charge in [-0.05, 0) is 67.9 Å². The molecule has 5 heteroatoms. The molecule has 1 saturated heterocycles. The monoisotopic (exact) mass is 354 g/mol. The molecule has 1 aliphatic carbocycles. The molecule has 1 aromatic heterocycles. The van der Waals surface area contributed by atoms with Crippen molar-refractivity contribution < 1.29 is 9.50 Å². The van der Waals surface area contributed by atoms with E-state index in [0.29, 0.717) is 23.6 Å². The van der Waals surface area contributed by atoms with Gasteiger partial charge >= 0.3 is 0 Å². The van der Waals surface area contributed by atoms with Crippen LogP contribution in [0.4, 0.5) is 4.39 Å². The van der Waals surface area contributed by atoms with E-state index < -0.39 is 6.23 Å². The van der Waals surface area contributed by atoms with Gasteiger partial charge in [0.15, 0.2) is 0 Å².